The van der Waals surface area contributed by atoms with Crippen LogP contribution in [-0.2, 0) is 6.18 Å². The van der Waals surface area contributed by atoms with Crippen molar-refractivity contribution in [3.8, 4) is 0 Å². The van der Waals surface area contributed by atoms with Crippen LogP contribution in [0.15, 0.2) is 22.7 Å². The molecule has 110 valence electrons. The minimum absolute atomic E-state index is 0.0564. The maximum atomic E-state index is 12.8. The normalized spacial score (nSPS) is 16.9. The molecular formula is C13H14BrF3N2O. The van der Waals surface area contributed by atoms with Gasteiger partial charge in [0.05, 0.1) is 5.56 Å². The highest BCUT2D eigenvalue weighted by atomic mass is 79.9. The number of nitrogens with zero attached hydrogens (tertiary/aromatic N) is 1. The number of nitrogens with one attached hydrogen (secondary N) is 1. The smallest absolute Gasteiger partial charge is 0.337 e. The zero-order valence-corrected chi connectivity index (χ0v) is 12.2. The fourth-order valence-electron chi connectivity index (χ4n) is 2.11. The van der Waals surface area contributed by atoms with E-state index in [2.05, 4.69) is 21.2 Å². The highest BCUT2D eigenvalue weighted by Gasteiger charge is 2.34. The van der Waals surface area contributed by atoms with Crippen LogP contribution in [0.1, 0.15) is 22.3 Å². The molecule has 20 heavy (non-hydrogen) atoms. The summed E-state index contributed by atoms with van der Waals surface area (Å²) in [5.41, 5.74) is -0.751. The molecule has 1 fully saturated rings. The number of halogens is 4. The molecule has 1 amide bonds. The second kappa shape index (κ2) is 6.13. The molecule has 3 nitrogen and oxygen atoms in total. The molecule has 0 bridgehead atoms. The Labute approximate surface area is 123 Å². The number of carbonyl (C=O) groups is 1. The van der Waals surface area contributed by atoms with Gasteiger partial charge in [0.1, 0.15) is 0 Å². The number of hydrogen-bond donors (Lipinski definition) is 1. The van der Waals surface area contributed by atoms with Gasteiger partial charge in [-0.3, -0.25) is 4.79 Å². The van der Waals surface area contributed by atoms with Crippen molar-refractivity contribution in [2.75, 3.05) is 26.2 Å². The first kappa shape index (κ1) is 15.3. The first-order valence-electron chi connectivity index (χ1n) is 6.26. The van der Waals surface area contributed by atoms with Gasteiger partial charge >= 0.3 is 6.18 Å². The molecule has 7 heteroatoms. The second-order valence-electron chi connectivity index (χ2n) is 4.59. The fourth-order valence-corrected chi connectivity index (χ4v) is 2.58. The monoisotopic (exact) mass is 350 g/mol. The summed E-state index contributed by atoms with van der Waals surface area (Å²) in [4.78, 5) is 13.8. The zero-order valence-electron chi connectivity index (χ0n) is 10.6. The van der Waals surface area contributed by atoms with Gasteiger partial charge in [-0.1, -0.05) is 15.9 Å². The Morgan fingerprint density at radius 2 is 2.00 bits per heavy atom. The third-order valence-electron chi connectivity index (χ3n) is 3.15. The van der Waals surface area contributed by atoms with Gasteiger partial charge in [0.25, 0.3) is 5.91 Å². The Balaban J connectivity index is 2.26. The molecule has 0 aliphatic carbocycles. The van der Waals surface area contributed by atoms with Gasteiger partial charge < -0.3 is 10.2 Å². The first-order chi connectivity index (χ1) is 9.39. The highest BCUT2D eigenvalue weighted by Crippen LogP contribution is 2.35. The summed E-state index contributed by atoms with van der Waals surface area (Å²) in [6.45, 7) is 2.55. The van der Waals surface area contributed by atoms with E-state index in [1.165, 1.54) is 12.1 Å². The van der Waals surface area contributed by atoms with Crippen molar-refractivity contribution in [3.63, 3.8) is 0 Å². The Morgan fingerprint density at radius 3 is 2.70 bits per heavy atom. The van der Waals surface area contributed by atoms with Crippen molar-refractivity contribution >= 4 is 21.8 Å². The number of amides is 1. The van der Waals surface area contributed by atoms with E-state index in [-0.39, 0.29) is 15.9 Å². The molecule has 1 aromatic rings. The summed E-state index contributed by atoms with van der Waals surface area (Å²) in [7, 11) is 0. The van der Waals surface area contributed by atoms with Crippen LogP contribution >= 0.6 is 15.9 Å². The van der Waals surface area contributed by atoms with Gasteiger partial charge in [-0.15, -0.1) is 0 Å². The molecule has 2 rings (SSSR count). The number of carbonyl (C=O) groups excluding carboxylic acids is 1. The van der Waals surface area contributed by atoms with Crippen molar-refractivity contribution in [1.29, 1.82) is 0 Å². The van der Waals surface area contributed by atoms with Gasteiger partial charge in [-0.25, -0.2) is 0 Å². The summed E-state index contributed by atoms with van der Waals surface area (Å²) in [6, 6.07) is 3.59. The van der Waals surface area contributed by atoms with E-state index in [0.717, 1.165) is 19.0 Å². The molecule has 0 spiro atoms. The lowest BCUT2D eigenvalue weighted by Crippen LogP contribution is -2.34. The minimum Gasteiger partial charge on any atom is -0.337 e. The molecule has 1 heterocycles. The number of rotatable bonds is 1. The van der Waals surface area contributed by atoms with Crippen LogP contribution in [0, 0.1) is 0 Å². The lowest BCUT2D eigenvalue weighted by molar-refractivity contribution is -0.138. The summed E-state index contributed by atoms with van der Waals surface area (Å²) in [5, 5.41) is 3.15. The Bertz CT molecular complexity index is 497. The van der Waals surface area contributed by atoms with Crippen molar-refractivity contribution in [2.24, 2.45) is 0 Å². The summed E-state index contributed by atoms with van der Waals surface area (Å²) >= 11 is 2.87. The molecule has 1 aliphatic rings. The molecule has 0 atom stereocenters. The number of alkyl halides is 3. The second-order valence-corrected chi connectivity index (χ2v) is 5.44. The highest BCUT2D eigenvalue weighted by molar-refractivity contribution is 9.10. The largest absolute Gasteiger partial charge is 0.417 e. The SMILES string of the molecule is O=C(c1ccc(Br)c(C(F)(F)F)c1)N1CCCNCC1. The lowest BCUT2D eigenvalue weighted by Gasteiger charge is -2.20. The van der Waals surface area contributed by atoms with Crippen LogP contribution < -0.4 is 5.32 Å². The standard InChI is InChI=1S/C13H14BrF3N2O/c14-11-3-2-9(8-10(11)13(15,16)17)12(20)19-6-1-4-18-5-7-19/h2-3,8,18H,1,4-7H2. The van der Waals surface area contributed by atoms with E-state index in [9.17, 15) is 18.0 Å². The van der Waals surface area contributed by atoms with Gasteiger partial charge in [0.2, 0.25) is 0 Å². The molecule has 0 saturated carbocycles. The summed E-state index contributed by atoms with van der Waals surface area (Å²) in [6.07, 6.45) is -3.68. The molecular weight excluding hydrogens is 337 g/mol. The number of hydrogen-bond acceptors (Lipinski definition) is 2. The topological polar surface area (TPSA) is 32.3 Å². The quantitative estimate of drug-likeness (QED) is 0.844. The average Bonchev–Trinajstić information content (AvgIpc) is 2.66. The van der Waals surface area contributed by atoms with Crippen LogP contribution in [-0.4, -0.2) is 37.0 Å². The van der Waals surface area contributed by atoms with Crippen LogP contribution in [0.3, 0.4) is 0 Å². The molecule has 1 saturated heterocycles. The Morgan fingerprint density at radius 1 is 1.25 bits per heavy atom. The fraction of sp³-hybridized carbons (Fsp3) is 0.462. The van der Waals surface area contributed by atoms with Crippen molar-refractivity contribution < 1.29 is 18.0 Å². The predicted octanol–water partition coefficient (Wildman–Crippen LogP) is 2.90. The van der Waals surface area contributed by atoms with Crippen LogP contribution in [0.4, 0.5) is 13.2 Å². The van der Waals surface area contributed by atoms with E-state index >= 15 is 0 Å². The predicted molar refractivity (Wildman–Crippen MR) is 72.5 cm³/mol. The average molecular weight is 351 g/mol. The van der Waals surface area contributed by atoms with E-state index in [1.807, 2.05) is 0 Å². The first-order valence-corrected chi connectivity index (χ1v) is 7.05. The Hall–Kier alpha value is -1.08. The molecule has 1 N–H and O–H groups in total. The maximum Gasteiger partial charge on any atom is 0.417 e. The molecule has 0 radical (unpaired) electrons. The minimum atomic E-state index is -4.48. The zero-order chi connectivity index (χ0) is 14.8. The van der Waals surface area contributed by atoms with E-state index in [4.69, 9.17) is 0 Å². The van der Waals surface area contributed by atoms with Crippen molar-refractivity contribution in [3.05, 3.63) is 33.8 Å². The lowest BCUT2D eigenvalue weighted by atomic mass is 10.1. The van der Waals surface area contributed by atoms with Crippen LogP contribution in [0.25, 0.3) is 0 Å². The van der Waals surface area contributed by atoms with E-state index < -0.39 is 11.7 Å². The molecule has 1 aliphatic heterocycles. The van der Waals surface area contributed by atoms with Gasteiger partial charge in [0, 0.05) is 29.7 Å². The molecule has 0 aromatic heterocycles. The third kappa shape index (κ3) is 3.52. The van der Waals surface area contributed by atoms with E-state index in [0.29, 0.717) is 19.6 Å². The molecule has 0 unspecified atom stereocenters. The molecule has 1 aromatic carbocycles. The number of benzene rings is 1. The van der Waals surface area contributed by atoms with Gasteiger partial charge in [-0.05, 0) is 31.2 Å². The van der Waals surface area contributed by atoms with Crippen molar-refractivity contribution in [1.82, 2.24) is 10.2 Å². The third-order valence-corrected chi connectivity index (χ3v) is 3.84. The maximum absolute atomic E-state index is 12.8. The summed E-state index contributed by atoms with van der Waals surface area (Å²) in [5.74, 6) is -0.355. The van der Waals surface area contributed by atoms with Crippen molar-refractivity contribution in [2.45, 2.75) is 12.6 Å². The summed E-state index contributed by atoms with van der Waals surface area (Å²) < 4.78 is 38.4. The van der Waals surface area contributed by atoms with Crippen LogP contribution in [0.5, 0.6) is 0 Å². The van der Waals surface area contributed by atoms with E-state index in [1.54, 1.807) is 4.90 Å². The van der Waals surface area contributed by atoms with Gasteiger partial charge in [0.15, 0.2) is 0 Å². The Kier molecular flexibility index (Phi) is 4.70. The van der Waals surface area contributed by atoms with Crippen LogP contribution in [0.2, 0.25) is 0 Å². The van der Waals surface area contributed by atoms with Gasteiger partial charge in [-0.2, -0.15) is 13.2 Å².